The van der Waals surface area contributed by atoms with E-state index in [9.17, 15) is 18.4 Å². The Morgan fingerprint density at radius 2 is 1.65 bits per heavy atom. The Bertz CT molecular complexity index is 1180. The summed E-state index contributed by atoms with van der Waals surface area (Å²) in [6, 6.07) is 17.9. The lowest BCUT2D eigenvalue weighted by Crippen LogP contribution is -2.33. The molecule has 0 spiro atoms. The van der Waals surface area contributed by atoms with Gasteiger partial charge >= 0.3 is 0 Å². The highest BCUT2D eigenvalue weighted by molar-refractivity contribution is 5.79. The van der Waals surface area contributed by atoms with Gasteiger partial charge in [-0.1, -0.05) is 30.3 Å². The van der Waals surface area contributed by atoms with Crippen LogP contribution in [-0.2, 0) is 35.6 Å². The summed E-state index contributed by atoms with van der Waals surface area (Å²) in [6.07, 6.45) is 0.114. The van der Waals surface area contributed by atoms with Crippen LogP contribution in [0.4, 0.5) is 8.78 Å². The summed E-state index contributed by atoms with van der Waals surface area (Å²) in [5.74, 6) is -0.176. The average molecular weight is 465 g/mol. The molecule has 0 radical (unpaired) electrons. The van der Waals surface area contributed by atoms with E-state index in [4.69, 9.17) is 4.74 Å². The number of ether oxygens (including phenoxy) is 1. The van der Waals surface area contributed by atoms with Gasteiger partial charge in [0.1, 0.15) is 24.0 Å². The van der Waals surface area contributed by atoms with Crippen molar-refractivity contribution in [3.05, 3.63) is 101 Å². The number of carbonyl (C=O) groups is 2. The van der Waals surface area contributed by atoms with Gasteiger partial charge in [-0.2, -0.15) is 0 Å². The summed E-state index contributed by atoms with van der Waals surface area (Å²) in [4.78, 5) is 28.5. The normalized spacial score (nSPS) is 13.0. The SMILES string of the molecule is CC(=O)N(Cc1ccc(F)cc1)Cc1ccc2c(c1)CN(C(=O)Cc1cccc(F)c1)CCO2. The van der Waals surface area contributed by atoms with Gasteiger partial charge in [-0.3, -0.25) is 9.59 Å². The third-order valence-electron chi connectivity index (χ3n) is 5.81. The Morgan fingerprint density at radius 3 is 2.38 bits per heavy atom. The van der Waals surface area contributed by atoms with E-state index in [0.29, 0.717) is 44.1 Å². The number of hydrogen-bond donors (Lipinski definition) is 0. The molecular weight excluding hydrogens is 438 g/mol. The highest BCUT2D eigenvalue weighted by Gasteiger charge is 2.21. The Hall–Kier alpha value is -3.74. The van der Waals surface area contributed by atoms with Crippen LogP contribution in [-0.4, -0.2) is 34.8 Å². The second-order valence-electron chi connectivity index (χ2n) is 8.41. The minimum atomic E-state index is -0.366. The number of carbonyl (C=O) groups excluding carboxylic acids is 2. The van der Waals surface area contributed by atoms with Crippen LogP contribution in [0, 0.1) is 11.6 Å². The van der Waals surface area contributed by atoms with E-state index in [1.807, 2.05) is 18.2 Å². The average Bonchev–Trinajstić information content (AvgIpc) is 3.02. The van der Waals surface area contributed by atoms with Gasteiger partial charge in [0.2, 0.25) is 11.8 Å². The van der Waals surface area contributed by atoms with Crippen molar-refractivity contribution in [1.29, 1.82) is 0 Å². The minimum Gasteiger partial charge on any atom is -0.491 e. The molecule has 2 amide bonds. The molecule has 7 heteroatoms. The zero-order valence-electron chi connectivity index (χ0n) is 19.0. The van der Waals surface area contributed by atoms with E-state index < -0.39 is 0 Å². The third kappa shape index (κ3) is 5.98. The second-order valence-corrected chi connectivity index (χ2v) is 8.41. The van der Waals surface area contributed by atoms with Gasteiger partial charge in [0.15, 0.2) is 0 Å². The van der Waals surface area contributed by atoms with E-state index in [-0.39, 0.29) is 29.9 Å². The molecule has 0 saturated carbocycles. The number of nitrogens with zero attached hydrogens (tertiary/aromatic N) is 2. The van der Waals surface area contributed by atoms with Crippen molar-refractivity contribution in [2.45, 2.75) is 33.0 Å². The van der Waals surface area contributed by atoms with Crippen molar-refractivity contribution >= 4 is 11.8 Å². The van der Waals surface area contributed by atoms with Gasteiger partial charge in [0.25, 0.3) is 0 Å². The van der Waals surface area contributed by atoms with Gasteiger partial charge < -0.3 is 14.5 Å². The van der Waals surface area contributed by atoms with Crippen LogP contribution >= 0.6 is 0 Å². The molecule has 0 saturated heterocycles. The monoisotopic (exact) mass is 464 g/mol. The number of fused-ring (bicyclic) bond motifs is 1. The van der Waals surface area contributed by atoms with E-state index in [2.05, 4.69) is 0 Å². The quantitative estimate of drug-likeness (QED) is 0.541. The summed E-state index contributed by atoms with van der Waals surface area (Å²) >= 11 is 0. The van der Waals surface area contributed by atoms with E-state index in [1.165, 1.54) is 31.2 Å². The number of rotatable bonds is 6. The summed E-state index contributed by atoms with van der Waals surface area (Å²) in [6.45, 7) is 3.41. The molecule has 0 fully saturated rings. The van der Waals surface area contributed by atoms with Crippen LogP contribution in [0.2, 0.25) is 0 Å². The maximum atomic E-state index is 13.5. The number of amides is 2. The molecule has 4 rings (SSSR count). The molecule has 1 heterocycles. The van der Waals surface area contributed by atoms with Crippen molar-refractivity contribution in [3.8, 4) is 5.75 Å². The standard InChI is InChI=1S/C27H26F2N2O3/c1-19(32)31(16-20-5-8-24(28)9-6-20)17-22-7-10-26-23(13-22)18-30(11-12-34-26)27(33)15-21-3-2-4-25(29)14-21/h2-10,13-14H,11-12,15-18H2,1H3. The Balaban J connectivity index is 1.47. The number of benzene rings is 3. The predicted molar refractivity (Wildman–Crippen MR) is 124 cm³/mol. The smallest absolute Gasteiger partial charge is 0.227 e. The second kappa shape index (κ2) is 10.5. The van der Waals surface area contributed by atoms with Crippen LogP contribution < -0.4 is 4.74 Å². The first-order valence-corrected chi connectivity index (χ1v) is 11.1. The van der Waals surface area contributed by atoms with Crippen molar-refractivity contribution in [1.82, 2.24) is 9.80 Å². The van der Waals surface area contributed by atoms with Crippen LogP contribution in [0.5, 0.6) is 5.75 Å². The maximum absolute atomic E-state index is 13.5. The van der Waals surface area contributed by atoms with Gasteiger partial charge in [0, 0.05) is 32.1 Å². The summed E-state index contributed by atoms with van der Waals surface area (Å²) in [5, 5.41) is 0. The topological polar surface area (TPSA) is 49.9 Å². The summed E-state index contributed by atoms with van der Waals surface area (Å²) in [5.41, 5.74) is 3.22. The van der Waals surface area contributed by atoms with Gasteiger partial charge in [0.05, 0.1) is 13.0 Å². The Morgan fingerprint density at radius 1 is 0.912 bits per heavy atom. The van der Waals surface area contributed by atoms with Gasteiger partial charge in [-0.05, 0) is 53.1 Å². The maximum Gasteiger partial charge on any atom is 0.227 e. The largest absolute Gasteiger partial charge is 0.491 e. The first kappa shape index (κ1) is 23.4. The molecule has 176 valence electrons. The number of halogens is 2. The van der Waals surface area contributed by atoms with Gasteiger partial charge in [-0.15, -0.1) is 0 Å². The van der Waals surface area contributed by atoms with Crippen LogP contribution in [0.3, 0.4) is 0 Å². The zero-order valence-corrected chi connectivity index (χ0v) is 19.0. The van der Waals surface area contributed by atoms with E-state index in [0.717, 1.165) is 16.7 Å². The zero-order chi connectivity index (χ0) is 24.1. The fourth-order valence-corrected chi connectivity index (χ4v) is 4.00. The molecule has 1 aliphatic rings. The van der Waals surface area contributed by atoms with Crippen molar-refractivity contribution in [3.63, 3.8) is 0 Å². The fourth-order valence-electron chi connectivity index (χ4n) is 4.00. The molecule has 34 heavy (non-hydrogen) atoms. The van der Waals surface area contributed by atoms with E-state index in [1.54, 1.807) is 34.1 Å². The minimum absolute atomic E-state index is 0.0950. The molecule has 0 aliphatic carbocycles. The molecule has 5 nitrogen and oxygen atoms in total. The summed E-state index contributed by atoms with van der Waals surface area (Å²) < 4.78 is 32.5. The molecule has 0 bridgehead atoms. The van der Waals surface area contributed by atoms with Crippen molar-refractivity contribution < 1.29 is 23.1 Å². The Labute approximate surface area is 197 Å². The summed E-state index contributed by atoms with van der Waals surface area (Å²) in [7, 11) is 0. The van der Waals surface area contributed by atoms with Crippen molar-refractivity contribution in [2.75, 3.05) is 13.2 Å². The van der Waals surface area contributed by atoms with Crippen LogP contribution in [0.25, 0.3) is 0 Å². The third-order valence-corrected chi connectivity index (χ3v) is 5.81. The lowest BCUT2D eigenvalue weighted by molar-refractivity contribution is -0.131. The Kier molecular flexibility index (Phi) is 7.21. The number of hydrogen-bond acceptors (Lipinski definition) is 3. The predicted octanol–water partition coefficient (Wildman–Crippen LogP) is 4.48. The highest BCUT2D eigenvalue weighted by Crippen LogP contribution is 2.26. The van der Waals surface area contributed by atoms with Crippen LogP contribution in [0.1, 0.15) is 29.2 Å². The molecule has 0 atom stereocenters. The van der Waals surface area contributed by atoms with Gasteiger partial charge in [-0.25, -0.2) is 8.78 Å². The molecular formula is C27H26F2N2O3. The molecule has 0 unspecified atom stereocenters. The lowest BCUT2D eigenvalue weighted by atomic mass is 10.1. The van der Waals surface area contributed by atoms with Crippen molar-refractivity contribution in [2.24, 2.45) is 0 Å². The molecule has 0 aromatic heterocycles. The molecule has 3 aromatic rings. The molecule has 0 N–H and O–H groups in total. The molecule has 3 aromatic carbocycles. The first-order chi connectivity index (χ1) is 16.4. The van der Waals surface area contributed by atoms with E-state index >= 15 is 0 Å². The first-order valence-electron chi connectivity index (χ1n) is 11.1. The fraction of sp³-hybridized carbons (Fsp3) is 0.259. The highest BCUT2D eigenvalue weighted by atomic mass is 19.1. The lowest BCUT2D eigenvalue weighted by Gasteiger charge is -2.23. The molecule has 1 aliphatic heterocycles. The van der Waals surface area contributed by atoms with Crippen LogP contribution in [0.15, 0.2) is 66.7 Å².